The van der Waals surface area contributed by atoms with E-state index in [9.17, 15) is 0 Å². The van der Waals surface area contributed by atoms with Gasteiger partial charge in [0.05, 0.1) is 22.1 Å². The molecule has 2 heterocycles. The van der Waals surface area contributed by atoms with Gasteiger partial charge in [0.25, 0.3) is 0 Å². The molecule has 3 nitrogen and oxygen atoms in total. The maximum Gasteiger partial charge on any atom is 0.145 e. The van der Waals surface area contributed by atoms with Gasteiger partial charge in [-0.1, -0.05) is 182 Å². The van der Waals surface area contributed by atoms with E-state index in [1.165, 1.54) is 54.8 Å². The predicted octanol–water partition coefficient (Wildman–Crippen LogP) is 18.0. The van der Waals surface area contributed by atoms with Crippen molar-refractivity contribution in [1.82, 2.24) is 4.57 Å². The molecule has 67 heavy (non-hydrogen) atoms. The van der Waals surface area contributed by atoms with E-state index >= 15 is 0 Å². The third-order valence-corrected chi connectivity index (χ3v) is 13.4. The Morgan fingerprint density at radius 2 is 0.940 bits per heavy atom. The van der Waals surface area contributed by atoms with Crippen LogP contribution < -0.4 is 4.90 Å². The van der Waals surface area contributed by atoms with E-state index in [1.54, 1.807) is 0 Å². The van der Waals surface area contributed by atoms with E-state index in [2.05, 4.69) is 264 Å². The monoisotopic (exact) mass is 854 g/mol. The summed E-state index contributed by atoms with van der Waals surface area (Å²) in [7, 11) is 0. The lowest BCUT2D eigenvalue weighted by molar-refractivity contribution is 0.670. The van der Waals surface area contributed by atoms with E-state index in [0.717, 1.165) is 66.9 Å². The first-order chi connectivity index (χ1) is 33.2. The number of fused-ring (bicyclic) bond motifs is 7. The summed E-state index contributed by atoms with van der Waals surface area (Å²) >= 11 is 0. The Bertz CT molecular complexity index is 3960. The molecule has 314 valence electrons. The van der Waals surface area contributed by atoms with Gasteiger partial charge in [0, 0.05) is 38.8 Å². The molecule has 0 aliphatic rings. The van der Waals surface area contributed by atoms with Crippen molar-refractivity contribution in [3.63, 3.8) is 0 Å². The predicted molar refractivity (Wildman–Crippen MR) is 282 cm³/mol. The van der Waals surface area contributed by atoms with Crippen LogP contribution in [-0.2, 0) is 0 Å². The van der Waals surface area contributed by atoms with Gasteiger partial charge >= 0.3 is 0 Å². The van der Waals surface area contributed by atoms with Crippen LogP contribution in [0.2, 0.25) is 0 Å². The van der Waals surface area contributed by atoms with E-state index in [-0.39, 0.29) is 0 Å². The topological polar surface area (TPSA) is 21.3 Å². The molecular formula is C64H42N2O. The second-order valence-electron chi connectivity index (χ2n) is 17.3. The molecule has 0 radical (unpaired) electrons. The molecule has 0 aliphatic carbocycles. The Hall–Kier alpha value is -8.92. The quantitative estimate of drug-likeness (QED) is 0.152. The molecular weight excluding hydrogens is 813 g/mol. The number of nitrogens with zero attached hydrogens (tertiary/aromatic N) is 2. The van der Waals surface area contributed by atoms with E-state index < -0.39 is 0 Å². The summed E-state index contributed by atoms with van der Waals surface area (Å²) in [6, 6.07) is 91.8. The fourth-order valence-corrected chi connectivity index (χ4v) is 10.2. The largest absolute Gasteiger partial charge is 0.455 e. The zero-order valence-electron chi connectivity index (χ0n) is 36.6. The maximum atomic E-state index is 6.83. The van der Waals surface area contributed by atoms with Crippen LogP contribution in [0.3, 0.4) is 0 Å². The standard InChI is InChI=1S/C64H42N2O/c1-3-16-47(17-4-1)55-39-40-60(63-57-24-10-12-28-61(57)67-64(55)63)65(52-37-35-45(36-38-52)44-29-31-46(32-30-44)49-34-33-43-15-7-8-18-48(43)41-49)53-22-13-19-50(42-53)54-25-14-27-59-62(54)56-23-9-11-26-58(56)66(59)51-20-5-2-6-21-51/h1-42H. The van der Waals surface area contributed by atoms with Crippen LogP contribution in [0.15, 0.2) is 259 Å². The van der Waals surface area contributed by atoms with Crippen molar-refractivity contribution in [1.29, 1.82) is 0 Å². The number of benzene rings is 11. The van der Waals surface area contributed by atoms with Crippen LogP contribution in [0.4, 0.5) is 17.1 Å². The number of hydrogen-bond donors (Lipinski definition) is 0. The molecule has 2 aromatic heterocycles. The first kappa shape index (κ1) is 38.5. The minimum atomic E-state index is 0.861. The number of anilines is 3. The molecule has 0 bridgehead atoms. The molecule has 13 rings (SSSR count). The Morgan fingerprint density at radius 3 is 1.75 bits per heavy atom. The van der Waals surface area contributed by atoms with Gasteiger partial charge < -0.3 is 13.9 Å². The lowest BCUT2D eigenvalue weighted by atomic mass is 9.97. The second-order valence-corrected chi connectivity index (χ2v) is 17.3. The maximum absolute atomic E-state index is 6.83. The zero-order chi connectivity index (χ0) is 44.3. The number of rotatable bonds is 8. The van der Waals surface area contributed by atoms with Crippen molar-refractivity contribution >= 4 is 71.6 Å². The summed E-state index contributed by atoms with van der Waals surface area (Å²) in [5.41, 5.74) is 17.6. The number of para-hydroxylation sites is 3. The molecule has 0 saturated heterocycles. The Kier molecular flexibility index (Phi) is 9.17. The number of hydrogen-bond acceptors (Lipinski definition) is 2. The fraction of sp³-hybridized carbons (Fsp3) is 0. The van der Waals surface area contributed by atoms with Gasteiger partial charge in [-0.25, -0.2) is 0 Å². The lowest BCUT2D eigenvalue weighted by Crippen LogP contribution is -2.10. The molecule has 0 aliphatic heterocycles. The molecule has 0 saturated carbocycles. The Morgan fingerprint density at radius 1 is 0.328 bits per heavy atom. The average Bonchev–Trinajstić information content (AvgIpc) is 3.96. The number of furan rings is 1. The molecule has 11 aromatic carbocycles. The van der Waals surface area contributed by atoms with E-state index in [1.807, 2.05) is 0 Å². The fourth-order valence-electron chi connectivity index (χ4n) is 10.2. The smallest absolute Gasteiger partial charge is 0.145 e. The molecule has 13 aromatic rings. The molecule has 0 atom stereocenters. The molecule has 0 amide bonds. The summed E-state index contributed by atoms with van der Waals surface area (Å²) in [4.78, 5) is 2.41. The van der Waals surface area contributed by atoms with Crippen molar-refractivity contribution in [3.05, 3.63) is 255 Å². The average molecular weight is 855 g/mol. The van der Waals surface area contributed by atoms with Gasteiger partial charge in [-0.2, -0.15) is 0 Å². The highest BCUT2D eigenvalue weighted by Gasteiger charge is 2.23. The highest BCUT2D eigenvalue weighted by atomic mass is 16.3. The van der Waals surface area contributed by atoms with Gasteiger partial charge in [-0.15, -0.1) is 0 Å². The van der Waals surface area contributed by atoms with Crippen LogP contribution in [0, 0.1) is 0 Å². The zero-order valence-corrected chi connectivity index (χ0v) is 36.6. The van der Waals surface area contributed by atoms with Gasteiger partial charge in [0.15, 0.2) is 0 Å². The van der Waals surface area contributed by atoms with Gasteiger partial charge in [0.1, 0.15) is 11.2 Å². The van der Waals surface area contributed by atoms with Crippen LogP contribution in [-0.4, -0.2) is 4.57 Å². The molecule has 0 fully saturated rings. The second kappa shape index (κ2) is 16.0. The molecule has 0 unspecified atom stereocenters. The Balaban J connectivity index is 0.973. The van der Waals surface area contributed by atoms with Crippen LogP contribution in [0.5, 0.6) is 0 Å². The van der Waals surface area contributed by atoms with Gasteiger partial charge in [-0.05, 0) is 123 Å². The normalized spacial score (nSPS) is 11.6. The summed E-state index contributed by atoms with van der Waals surface area (Å²) in [5.74, 6) is 0. The summed E-state index contributed by atoms with van der Waals surface area (Å²) in [6.07, 6.45) is 0. The van der Waals surface area contributed by atoms with Crippen molar-refractivity contribution in [2.24, 2.45) is 0 Å². The lowest BCUT2D eigenvalue weighted by Gasteiger charge is -2.27. The molecule has 3 heteroatoms. The minimum Gasteiger partial charge on any atom is -0.455 e. The summed E-state index contributed by atoms with van der Waals surface area (Å²) < 4.78 is 9.22. The van der Waals surface area contributed by atoms with Crippen LogP contribution in [0.1, 0.15) is 0 Å². The van der Waals surface area contributed by atoms with Gasteiger partial charge in [0.2, 0.25) is 0 Å². The van der Waals surface area contributed by atoms with Crippen molar-refractivity contribution < 1.29 is 4.42 Å². The van der Waals surface area contributed by atoms with E-state index in [0.29, 0.717) is 0 Å². The third kappa shape index (κ3) is 6.59. The van der Waals surface area contributed by atoms with Gasteiger partial charge in [-0.3, -0.25) is 0 Å². The Labute approximate surface area is 388 Å². The highest BCUT2D eigenvalue weighted by Crippen LogP contribution is 2.47. The summed E-state index contributed by atoms with van der Waals surface area (Å²) in [5, 5.41) is 7.11. The first-order valence-electron chi connectivity index (χ1n) is 22.9. The van der Waals surface area contributed by atoms with Crippen LogP contribution in [0.25, 0.3) is 105 Å². The molecule has 0 N–H and O–H groups in total. The minimum absolute atomic E-state index is 0.861. The van der Waals surface area contributed by atoms with Crippen molar-refractivity contribution in [3.8, 4) is 50.2 Å². The molecule has 0 spiro atoms. The van der Waals surface area contributed by atoms with Crippen LogP contribution >= 0.6 is 0 Å². The van der Waals surface area contributed by atoms with Crippen molar-refractivity contribution in [2.75, 3.05) is 4.90 Å². The third-order valence-electron chi connectivity index (χ3n) is 13.4. The first-order valence-corrected chi connectivity index (χ1v) is 22.9. The number of aromatic nitrogens is 1. The highest BCUT2D eigenvalue weighted by molar-refractivity contribution is 6.18. The summed E-state index contributed by atoms with van der Waals surface area (Å²) in [6.45, 7) is 0. The van der Waals surface area contributed by atoms with E-state index in [4.69, 9.17) is 4.42 Å². The SMILES string of the molecule is c1ccc(-c2ccc(N(c3ccc(-c4ccc(-c5ccc6ccccc6c5)cc4)cc3)c3cccc(-c4cccc5c4c4ccccc4n5-c4ccccc4)c3)c3c2oc2ccccc23)cc1. The van der Waals surface area contributed by atoms with Crippen molar-refractivity contribution in [2.45, 2.75) is 0 Å².